The Morgan fingerprint density at radius 3 is 2.40 bits per heavy atom. The van der Waals surface area contributed by atoms with Crippen LogP contribution in [-0.2, 0) is 0 Å². The first kappa shape index (κ1) is 17.6. The Hall–Kier alpha value is -0.420. The number of carbonyl (C=O) groups is 1. The van der Waals surface area contributed by atoms with E-state index < -0.39 is 6.09 Å². The standard InChI is InChI=1S/C15H30N2O2S/c1-4-9-16(2)10-11-20-12-13-5-7-14(8-6-13)17(3)15(18)19/h13-14H,4-12H2,1-3H3,(H,18,19). The van der Waals surface area contributed by atoms with E-state index in [9.17, 15) is 4.79 Å². The molecule has 1 amide bonds. The summed E-state index contributed by atoms with van der Waals surface area (Å²) in [5.41, 5.74) is 0. The first-order valence-electron chi connectivity index (χ1n) is 7.76. The number of hydrogen-bond donors (Lipinski definition) is 1. The van der Waals surface area contributed by atoms with Gasteiger partial charge in [0.25, 0.3) is 0 Å². The summed E-state index contributed by atoms with van der Waals surface area (Å²) < 4.78 is 0. The summed E-state index contributed by atoms with van der Waals surface area (Å²) in [5.74, 6) is 3.24. The van der Waals surface area contributed by atoms with Gasteiger partial charge >= 0.3 is 6.09 Å². The van der Waals surface area contributed by atoms with Crippen LogP contribution >= 0.6 is 11.8 Å². The zero-order valence-corrected chi connectivity index (χ0v) is 14.0. The Kier molecular flexibility index (Phi) is 8.38. The van der Waals surface area contributed by atoms with E-state index in [1.165, 1.54) is 48.8 Å². The second kappa shape index (κ2) is 9.50. The lowest BCUT2D eigenvalue weighted by molar-refractivity contribution is 0.121. The Labute approximate surface area is 127 Å². The number of rotatable bonds is 8. The highest BCUT2D eigenvalue weighted by Gasteiger charge is 2.26. The van der Waals surface area contributed by atoms with Gasteiger partial charge in [-0.3, -0.25) is 0 Å². The molecule has 0 heterocycles. The molecular weight excluding hydrogens is 272 g/mol. The van der Waals surface area contributed by atoms with Crippen LogP contribution < -0.4 is 0 Å². The zero-order valence-electron chi connectivity index (χ0n) is 13.2. The molecule has 0 atom stereocenters. The van der Waals surface area contributed by atoms with Crippen molar-refractivity contribution in [2.45, 2.75) is 45.1 Å². The van der Waals surface area contributed by atoms with E-state index in [1.54, 1.807) is 7.05 Å². The van der Waals surface area contributed by atoms with Crippen molar-refractivity contribution in [3.05, 3.63) is 0 Å². The Morgan fingerprint density at radius 2 is 1.85 bits per heavy atom. The van der Waals surface area contributed by atoms with E-state index >= 15 is 0 Å². The predicted octanol–water partition coefficient (Wildman–Crippen LogP) is 3.23. The Bertz CT molecular complexity index is 281. The van der Waals surface area contributed by atoms with E-state index in [4.69, 9.17) is 5.11 Å². The molecule has 0 bridgehead atoms. The molecular formula is C15H30N2O2S. The van der Waals surface area contributed by atoms with Crippen LogP contribution in [0.4, 0.5) is 4.79 Å². The van der Waals surface area contributed by atoms with Gasteiger partial charge in [0.2, 0.25) is 0 Å². The molecule has 0 aromatic carbocycles. The van der Waals surface area contributed by atoms with Crippen LogP contribution in [-0.4, -0.2) is 65.7 Å². The van der Waals surface area contributed by atoms with Crippen LogP contribution in [0.1, 0.15) is 39.0 Å². The predicted molar refractivity (Wildman–Crippen MR) is 86.6 cm³/mol. The number of nitrogens with zero attached hydrogens (tertiary/aromatic N) is 2. The number of amides is 1. The molecule has 1 fully saturated rings. The van der Waals surface area contributed by atoms with Crippen LogP contribution in [0.15, 0.2) is 0 Å². The molecule has 1 N–H and O–H groups in total. The minimum atomic E-state index is -0.790. The smallest absolute Gasteiger partial charge is 0.407 e. The average Bonchev–Trinajstić information content (AvgIpc) is 2.43. The second-order valence-corrected chi connectivity index (χ2v) is 7.10. The third-order valence-electron chi connectivity index (χ3n) is 4.24. The molecule has 1 aliphatic carbocycles. The van der Waals surface area contributed by atoms with Crippen LogP contribution in [0.5, 0.6) is 0 Å². The first-order valence-corrected chi connectivity index (χ1v) is 8.92. The fourth-order valence-corrected chi connectivity index (χ4v) is 4.09. The van der Waals surface area contributed by atoms with E-state index in [-0.39, 0.29) is 6.04 Å². The topological polar surface area (TPSA) is 43.8 Å². The number of hydrogen-bond acceptors (Lipinski definition) is 3. The summed E-state index contributed by atoms with van der Waals surface area (Å²) in [6.07, 6.45) is 4.86. The van der Waals surface area contributed by atoms with Crippen molar-refractivity contribution in [3.63, 3.8) is 0 Å². The van der Waals surface area contributed by atoms with Gasteiger partial charge in [0.15, 0.2) is 0 Å². The zero-order chi connectivity index (χ0) is 15.0. The fraction of sp³-hybridized carbons (Fsp3) is 0.933. The van der Waals surface area contributed by atoms with Crippen LogP contribution in [0.25, 0.3) is 0 Å². The molecule has 5 heteroatoms. The molecule has 1 saturated carbocycles. The van der Waals surface area contributed by atoms with Crippen LogP contribution in [0, 0.1) is 5.92 Å². The van der Waals surface area contributed by atoms with Crippen molar-refractivity contribution in [1.29, 1.82) is 0 Å². The summed E-state index contributed by atoms with van der Waals surface area (Å²) in [6, 6.07) is 0.240. The molecule has 0 saturated heterocycles. The average molecular weight is 302 g/mol. The molecule has 1 aliphatic rings. The fourth-order valence-electron chi connectivity index (χ4n) is 2.82. The van der Waals surface area contributed by atoms with E-state index in [2.05, 4.69) is 30.6 Å². The lowest BCUT2D eigenvalue weighted by atomic mass is 9.87. The van der Waals surface area contributed by atoms with E-state index in [0.29, 0.717) is 0 Å². The molecule has 1 rings (SSSR count). The lowest BCUT2D eigenvalue weighted by Gasteiger charge is -2.33. The highest BCUT2D eigenvalue weighted by Crippen LogP contribution is 2.29. The molecule has 4 nitrogen and oxygen atoms in total. The van der Waals surface area contributed by atoms with Crippen molar-refractivity contribution in [2.75, 3.05) is 38.7 Å². The third-order valence-corrected chi connectivity index (χ3v) is 5.42. The van der Waals surface area contributed by atoms with Gasteiger partial charge in [-0.15, -0.1) is 0 Å². The molecule has 0 aliphatic heterocycles. The monoisotopic (exact) mass is 302 g/mol. The van der Waals surface area contributed by atoms with Crippen LogP contribution in [0.3, 0.4) is 0 Å². The molecule has 20 heavy (non-hydrogen) atoms. The summed E-state index contributed by atoms with van der Waals surface area (Å²) in [6.45, 7) is 4.58. The molecule has 0 aromatic rings. The summed E-state index contributed by atoms with van der Waals surface area (Å²) in [5, 5.41) is 8.99. The van der Waals surface area contributed by atoms with Gasteiger partial charge in [-0.25, -0.2) is 4.79 Å². The van der Waals surface area contributed by atoms with Gasteiger partial charge in [-0.1, -0.05) is 6.92 Å². The summed E-state index contributed by atoms with van der Waals surface area (Å²) >= 11 is 2.06. The summed E-state index contributed by atoms with van der Waals surface area (Å²) in [4.78, 5) is 14.8. The van der Waals surface area contributed by atoms with Gasteiger partial charge in [-0.05, 0) is 57.4 Å². The van der Waals surface area contributed by atoms with Crippen molar-refractivity contribution in [1.82, 2.24) is 9.80 Å². The molecule has 0 aromatic heterocycles. The Balaban J connectivity index is 2.09. The molecule has 0 unspecified atom stereocenters. The van der Waals surface area contributed by atoms with E-state index in [1.807, 2.05) is 0 Å². The highest BCUT2D eigenvalue weighted by molar-refractivity contribution is 7.99. The highest BCUT2D eigenvalue weighted by atomic mass is 32.2. The number of carboxylic acid groups (broad SMARTS) is 1. The maximum atomic E-state index is 10.9. The largest absolute Gasteiger partial charge is 0.465 e. The maximum Gasteiger partial charge on any atom is 0.407 e. The number of thioether (sulfide) groups is 1. The maximum absolute atomic E-state index is 10.9. The Morgan fingerprint density at radius 1 is 1.20 bits per heavy atom. The van der Waals surface area contributed by atoms with Crippen molar-refractivity contribution >= 4 is 17.9 Å². The van der Waals surface area contributed by atoms with Gasteiger partial charge in [0.05, 0.1) is 0 Å². The normalized spacial score (nSPS) is 23.0. The van der Waals surface area contributed by atoms with Gasteiger partial charge in [-0.2, -0.15) is 11.8 Å². The first-order chi connectivity index (χ1) is 9.54. The van der Waals surface area contributed by atoms with E-state index in [0.717, 1.165) is 18.8 Å². The van der Waals surface area contributed by atoms with Crippen molar-refractivity contribution in [3.8, 4) is 0 Å². The van der Waals surface area contributed by atoms with Crippen molar-refractivity contribution in [2.24, 2.45) is 5.92 Å². The minimum Gasteiger partial charge on any atom is -0.465 e. The second-order valence-electron chi connectivity index (χ2n) is 5.95. The SMILES string of the molecule is CCCN(C)CCSCC1CCC(N(C)C(=O)O)CC1. The van der Waals surface area contributed by atoms with Crippen LogP contribution in [0.2, 0.25) is 0 Å². The van der Waals surface area contributed by atoms with Gasteiger partial charge in [0, 0.05) is 25.4 Å². The lowest BCUT2D eigenvalue weighted by Crippen LogP contribution is -2.38. The summed E-state index contributed by atoms with van der Waals surface area (Å²) in [7, 11) is 3.89. The molecule has 0 spiro atoms. The van der Waals surface area contributed by atoms with Crippen molar-refractivity contribution < 1.29 is 9.90 Å². The third kappa shape index (κ3) is 6.35. The van der Waals surface area contributed by atoms with Gasteiger partial charge in [0.1, 0.15) is 0 Å². The quantitative estimate of drug-likeness (QED) is 0.699. The molecule has 118 valence electrons. The minimum absolute atomic E-state index is 0.240. The van der Waals surface area contributed by atoms with Gasteiger partial charge < -0.3 is 14.9 Å². The molecule has 0 radical (unpaired) electrons.